The first-order chi connectivity index (χ1) is 3.80. The molecule has 0 saturated heterocycles. The molecule has 44 valence electrons. The molecule has 0 aliphatic carbocycles. The van der Waals surface area contributed by atoms with Gasteiger partial charge in [0.2, 0.25) is 0 Å². The lowest BCUT2D eigenvalue weighted by atomic mass is 10.5. The van der Waals surface area contributed by atoms with Gasteiger partial charge in [0.05, 0.1) is 16.5 Å². The van der Waals surface area contributed by atoms with E-state index in [2.05, 4.69) is 32.9 Å². The molecular formula is C4H6IN3. The van der Waals surface area contributed by atoms with Gasteiger partial charge in [-0.15, -0.1) is 0 Å². The largest absolute Gasteiger partial charge is 0.385 e. The van der Waals surface area contributed by atoms with Crippen LogP contribution in [-0.4, -0.2) is 12.9 Å². The van der Waals surface area contributed by atoms with Crippen LogP contribution in [0.1, 0.15) is 0 Å². The van der Waals surface area contributed by atoms with E-state index in [1.165, 1.54) is 0 Å². The fourth-order valence-corrected chi connectivity index (χ4v) is 0.757. The van der Waals surface area contributed by atoms with E-state index in [0.29, 0.717) is 0 Å². The Bertz CT molecular complexity index is 133. The summed E-state index contributed by atoms with van der Waals surface area (Å²) in [5.74, 6) is 0.723. The van der Waals surface area contributed by atoms with Crippen LogP contribution in [0.2, 0.25) is 0 Å². The van der Waals surface area contributed by atoms with Crippen molar-refractivity contribution in [2.75, 3.05) is 6.54 Å². The van der Waals surface area contributed by atoms with Gasteiger partial charge in [-0.3, -0.25) is 4.99 Å². The molecule has 0 bridgehead atoms. The third-order valence-corrected chi connectivity index (χ3v) is 1.76. The molecule has 3 nitrogen and oxygen atoms in total. The number of halogens is 1. The number of hydrogen-bond donors (Lipinski definition) is 2. The predicted molar refractivity (Wildman–Crippen MR) is 41.7 cm³/mol. The Morgan fingerprint density at radius 1 is 1.88 bits per heavy atom. The van der Waals surface area contributed by atoms with Crippen LogP contribution in [0.15, 0.2) is 14.4 Å². The zero-order valence-electron chi connectivity index (χ0n) is 4.19. The average Bonchev–Trinajstić information content (AvgIpc) is 1.77. The minimum Gasteiger partial charge on any atom is -0.385 e. The Kier molecular flexibility index (Phi) is 1.72. The van der Waals surface area contributed by atoms with Gasteiger partial charge in [-0.1, -0.05) is 0 Å². The van der Waals surface area contributed by atoms with E-state index < -0.39 is 0 Å². The van der Waals surface area contributed by atoms with Gasteiger partial charge in [0.25, 0.3) is 0 Å². The lowest BCUT2D eigenvalue weighted by Gasteiger charge is -2.06. The highest BCUT2D eigenvalue weighted by atomic mass is 127. The van der Waals surface area contributed by atoms with Gasteiger partial charge in [-0.05, 0) is 22.6 Å². The monoisotopic (exact) mass is 223 g/mol. The lowest BCUT2D eigenvalue weighted by Crippen LogP contribution is -2.23. The van der Waals surface area contributed by atoms with Crippen LogP contribution in [-0.2, 0) is 0 Å². The maximum absolute atomic E-state index is 5.45. The number of rotatable bonds is 0. The van der Waals surface area contributed by atoms with E-state index in [-0.39, 0.29) is 0 Å². The summed E-state index contributed by atoms with van der Waals surface area (Å²) in [4.78, 5) is 3.93. The summed E-state index contributed by atoms with van der Waals surface area (Å²) in [7, 11) is 0. The molecule has 0 spiro atoms. The second-order valence-corrected chi connectivity index (χ2v) is 2.73. The van der Waals surface area contributed by atoms with Gasteiger partial charge in [-0.25, -0.2) is 0 Å². The number of nitrogens with zero attached hydrogens (tertiary/aromatic N) is 1. The van der Waals surface area contributed by atoms with Crippen molar-refractivity contribution in [1.82, 2.24) is 5.32 Å². The number of nitrogens with one attached hydrogen (secondary N) is 1. The minimum atomic E-state index is 0.722. The molecule has 0 atom stereocenters. The van der Waals surface area contributed by atoms with Crippen LogP contribution >= 0.6 is 22.6 Å². The highest BCUT2D eigenvalue weighted by Crippen LogP contribution is 2.08. The normalized spacial score (nSPS) is 18.6. The lowest BCUT2D eigenvalue weighted by molar-refractivity contribution is 1.01. The standard InChI is InChI=1S/C4H6IN3/c5-3-1-7-2-8-4(3)6/h2H,1,6H2,(H,7,8). The van der Waals surface area contributed by atoms with E-state index in [1.807, 2.05) is 0 Å². The number of hydrogen-bond acceptors (Lipinski definition) is 3. The van der Waals surface area contributed by atoms with Crippen molar-refractivity contribution in [3.63, 3.8) is 0 Å². The van der Waals surface area contributed by atoms with Gasteiger partial charge in [0.15, 0.2) is 0 Å². The zero-order chi connectivity index (χ0) is 5.98. The maximum Gasteiger partial charge on any atom is 0.113 e. The summed E-state index contributed by atoms with van der Waals surface area (Å²) in [6.07, 6.45) is 1.61. The summed E-state index contributed by atoms with van der Waals surface area (Å²) in [5.41, 5.74) is 5.45. The number of aliphatic imine (C=N–C) groups is 1. The van der Waals surface area contributed by atoms with Crippen molar-refractivity contribution in [3.05, 3.63) is 9.40 Å². The maximum atomic E-state index is 5.45. The Morgan fingerprint density at radius 3 is 3.00 bits per heavy atom. The molecular weight excluding hydrogens is 217 g/mol. The van der Waals surface area contributed by atoms with E-state index in [4.69, 9.17) is 5.73 Å². The van der Waals surface area contributed by atoms with Crippen molar-refractivity contribution in [1.29, 1.82) is 0 Å². The predicted octanol–water partition coefficient (Wildman–Crippen LogP) is 0.181. The van der Waals surface area contributed by atoms with Gasteiger partial charge in [0.1, 0.15) is 5.82 Å². The van der Waals surface area contributed by atoms with Crippen LogP contribution in [0.25, 0.3) is 0 Å². The van der Waals surface area contributed by atoms with Crippen LogP contribution < -0.4 is 11.1 Å². The molecule has 3 N–H and O–H groups in total. The van der Waals surface area contributed by atoms with Crippen LogP contribution in [0.4, 0.5) is 0 Å². The van der Waals surface area contributed by atoms with Crippen LogP contribution in [0.5, 0.6) is 0 Å². The molecule has 0 fully saturated rings. The van der Waals surface area contributed by atoms with E-state index in [9.17, 15) is 0 Å². The summed E-state index contributed by atoms with van der Waals surface area (Å²) in [6, 6.07) is 0. The Morgan fingerprint density at radius 2 is 2.62 bits per heavy atom. The van der Waals surface area contributed by atoms with Gasteiger partial charge >= 0.3 is 0 Å². The molecule has 1 aliphatic heterocycles. The van der Waals surface area contributed by atoms with Gasteiger partial charge in [-0.2, -0.15) is 0 Å². The SMILES string of the molecule is NC1=C(I)CN=CN1. The second kappa shape index (κ2) is 2.34. The quantitative estimate of drug-likeness (QED) is 0.575. The van der Waals surface area contributed by atoms with Crippen molar-refractivity contribution >= 4 is 28.9 Å². The molecule has 0 saturated carbocycles. The van der Waals surface area contributed by atoms with E-state index >= 15 is 0 Å². The molecule has 0 amide bonds. The zero-order valence-corrected chi connectivity index (χ0v) is 6.34. The first-order valence-electron chi connectivity index (χ1n) is 2.19. The molecule has 0 aromatic rings. The molecule has 0 unspecified atom stereocenters. The molecule has 4 heteroatoms. The molecule has 1 rings (SSSR count). The Labute approximate surface area is 61.2 Å². The third-order valence-electron chi connectivity index (χ3n) is 0.834. The molecule has 0 radical (unpaired) electrons. The molecule has 1 heterocycles. The summed E-state index contributed by atoms with van der Waals surface area (Å²) in [6.45, 7) is 0.722. The summed E-state index contributed by atoms with van der Waals surface area (Å²) in [5, 5.41) is 2.79. The molecule has 1 aliphatic rings. The van der Waals surface area contributed by atoms with E-state index in [0.717, 1.165) is 15.9 Å². The van der Waals surface area contributed by atoms with Crippen molar-refractivity contribution in [2.45, 2.75) is 0 Å². The van der Waals surface area contributed by atoms with Crippen LogP contribution in [0, 0.1) is 0 Å². The summed E-state index contributed by atoms with van der Waals surface area (Å²) < 4.78 is 1.07. The minimum absolute atomic E-state index is 0.722. The molecule has 0 aromatic carbocycles. The van der Waals surface area contributed by atoms with Crippen LogP contribution in [0.3, 0.4) is 0 Å². The van der Waals surface area contributed by atoms with Crippen molar-refractivity contribution in [2.24, 2.45) is 10.7 Å². The number of nitrogens with two attached hydrogens (primary N) is 1. The highest BCUT2D eigenvalue weighted by Gasteiger charge is 1.99. The Balaban J connectivity index is 2.67. The molecule has 8 heavy (non-hydrogen) atoms. The topological polar surface area (TPSA) is 50.4 Å². The van der Waals surface area contributed by atoms with E-state index in [1.54, 1.807) is 6.34 Å². The summed E-state index contributed by atoms with van der Waals surface area (Å²) >= 11 is 2.16. The van der Waals surface area contributed by atoms with Gasteiger partial charge in [0, 0.05) is 0 Å². The first-order valence-corrected chi connectivity index (χ1v) is 3.27. The fourth-order valence-electron chi connectivity index (χ4n) is 0.404. The van der Waals surface area contributed by atoms with Gasteiger partial charge < -0.3 is 11.1 Å². The third kappa shape index (κ3) is 1.12. The second-order valence-electron chi connectivity index (χ2n) is 1.43. The van der Waals surface area contributed by atoms with Crippen molar-refractivity contribution < 1.29 is 0 Å². The first kappa shape index (κ1) is 5.87. The molecule has 0 aromatic heterocycles. The average molecular weight is 223 g/mol. The Hall–Kier alpha value is -0.260. The van der Waals surface area contributed by atoms with Crippen molar-refractivity contribution in [3.8, 4) is 0 Å². The fraction of sp³-hybridized carbons (Fsp3) is 0.250. The smallest absolute Gasteiger partial charge is 0.113 e. The highest BCUT2D eigenvalue weighted by molar-refractivity contribution is 14.1.